The van der Waals surface area contributed by atoms with Gasteiger partial charge in [0, 0.05) is 6.04 Å². The fourth-order valence-corrected chi connectivity index (χ4v) is 3.24. The number of para-hydroxylation sites is 1. The molecule has 2 aliphatic carbocycles. The summed E-state index contributed by atoms with van der Waals surface area (Å²) in [5, 5.41) is 6.36. The van der Waals surface area contributed by atoms with E-state index in [1.54, 1.807) is 18.2 Å². The van der Waals surface area contributed by atoms with E-state index in [9.17, 15) is 9.59 Å². The molecular formula is C17H21ClN2O2. The van der Waals surface area contributed by atoms with Crippen molar-refractivity contribution in [3.8, 4) is 0 Å². The molecule has 0 aliphatic heterocycles. The van der Waals surface area contributed by atoms with Crippen LogP contribution in [0.4, 0.5) is 5.69 Å². The maximum atomic E-state index is 12.5. The Bertz CT molecular complexity index is 578. The summed E-state index contributed by atoms with van der Waals surface area (Å²) in [6.07, 6.45) is 6.82. The monoisotopic (exact) mass is 320 g/mol. The molecule has 2 aliphatic rings. The highest BCUT2D eigenvalue weighted by molar-refractivity contribution is 6.34. The van der Waals surface area contributed by atoms with Crippen molar-refractivity contribution < 1.29 is 9.59 Å². The third-order valence-corrected chi connectivity index (χ3v) is 5.01. The Balaban J connectivity index is 1.63. The summed E-state index contributed by atoms with van der Waals surface area (Å²) in [6, 6.07) is 7.31. The highest BCUT2D eigenvalue weighted by atomic mass is 35.5. The molecule has 2 saturated carbocycles. The van der Waals surface area contributed by atoms with Crippen LogP contribution in [0.2, 0.25) is 5.02 Å². The van der Waals surface area contributed by atoms with Gasteiger partial charge in [-0.3, -0.25) is 9.59 Å². The van der Waals surface area contributed by atoms with Crippen LogP contribution in [0.1, 0.15) is 44.9 Å². The molecule has 2 N–H and O–H groups in total. The molecule has 0 atom stereocenters. The Hall–Kier alpha value is -1.55. The van der Waals surface area contributed by atoms with Gasteiger partial charge >= 0.3 is 0 Å². The summed E-state index contributed by atoms with van der Waals surface area (Å²) in [4.78, 5) is 25.0. The highest BCUT2D eigenvalue weighted by Gasteiger charge is 2.56. The summed E-state index contributed by atoms with van der Waals surface area (Å²) >= 11 is 6.06. The van der Waals surface area contributed by atoms with Crippen molar-refractivity contribution in [3.05, 3.63) is 29.3 Å². The third-order valence-electron chi connectivity index (χ3n) is 4.68. The minimum Gasteiger partial charge on any atom is -0.352 e. The molecule has 1 aromatic rings. The van der Waals surface area contributed by atoms with E-state index in [0.29, 0.717) is 23.6 Å². The van der Waals surface area contributed by atoms with Gasteiger partial charge in [0.2, 0.25) is 11.8 Å². The fourth-order valence-electron chi connectivity index (χ4n) is 3.06. The molecular weight excluding hydrogens is 300 g/mol. The van der Waals surface area contributed by atoms with Gasteiger partial charge < -0.3 is 10.6 Å². The smallest absolute Gasteiger partial charge is 0.240 e. The van der Waals surface area contributed by atoms with Crippen LogP contribution in [0, 0.1) is 5.41 Å². The van der Waals surface area contributed by atoms with Crippen molar-refractivity contribution in [2.24, 2.45) is 5.41 Å². The zero-order valence-corrected chi connectivity index (χ0v) is 13.3. The van der Waals surface area contributed by atoms with E-state index in [0.717, 1.165) is 25.7 Å². The normalized spacial score (nSPS) is 20.2. The molecule has 0 unspecified atom stereocenters. The van der Waals surface area contributed by atoms with E-state index in [4.69, 9.17) is 11.6 Å². The second-order valence-electron chi connectivity index (χ2n) is 6.32. The molecule has 118 valence electrons. The second kappa shape index (κ2) is 6.29. The standard InChI is InChI=1S/C17H21ClN2O2/c18-13-8-4-5-9-14(13)20-16(22)17(10-11-17)15(21)19-12-6-2-1-3-7-12/h4-5,8-9,12H,1-3,6-7,10-11H2,(H,19,21)(H,20,22). The Labute approximate surface area is 135 Å². The summed E-state index contributed by atoms with van der Waals surface area (Å²) < 4.78 is 0. The molecule has 22 heavy (non-hydrogen) atoms. The molecule has 2 fully saturated rings. The first-order valence-corrected chi connectivity index (χ1v) is 8.36. The average molecular weight is 321 g/mol. The van der Waals surface area contributed by atoms with Crippen LogP contribution in [0.3, 0.4) is 0 Å². The van der Waals surface area contributed by atoms with Gasteiger partial charge in [0.25, 0.3) is 0 Å². The van der Waals surface area contributed by atoms with Crippen LogP contribution in [0.5, 0.6) is 0 Å². The van der Waals surface area contributed by atoms with E-state index in [1.807, 2.05) is 6.07 Å². The topological polar surface area (TPSA) is 58.2 Å². The van der Waals surface area contributed by atoms with E-state index < -0.39 is 5.41 Å². The average Bonchev–Trinajstić information content (AvgIpc) is 3.32. The number of amides is 2. The Morgan fingerprint density at radius 1 is 1.05 bits per heavy atom. The SMILES string of the molecule is O=C(Nc1ccccc1Cl)C1(C(=O)NC2CCCCC2)CC1. The van der Waals surface area contributed by atoms with Crippen molar-refractivity contribution in [2.75, 3.05) is 5.32 Å². The zero-order chi connectivity index (χ0) is 15.6. The zero-order valence-electron chi connectivity index (χ0n) is 12.5. The maximum absolute atomic E-state index is 12.5. The van der Waals surface area contributed by atoms with E-state index in [1.165, 1.54) is 6.42 Å². The summed E-state index contributed by atoms with van der Waals surface area (Å²) in [5.74, 6) is -0.363. The number of anilines is 1. The third kappa shape index (κ3) is 3.12. The van der Waals surface area contributed by atoms with Gasteiger partial charge in [-0.1, -0.05) is 43.0 Å². The number of benzene rings is 1. The molecule has 5 heteroatoms. The van der Waals surface area contributed by atoms with Gasteiger partial charge in [0.05, 0.1) is 10.7 Å². The van der Waals surface area contributed by atoms with Gasteiger partial charge in [0.15, 0.2) is 0 Å². The lowest BCUT2D eigenvalue weighted by atomic mass is 9.94. The van der Waals surface area contributed by atoms with E-state index >= 15 is 0 Å². The second-order valence-corrected chi connectivity index (χ2v) is 6.73. The van der Waals surface area contributed by atoms with Gasteiger partial charge in [-0.15, -0.1) is 0 Å². The molecule has 0 aromatic heterocycles. The fraction of sp³-hybridized carbons (Fsp3) is 0.529. The Morgan fingerprint density at radius 2 is 1.73 bits per heavy atom. The first-order valence-electron chi connectivity index (χ1n) is 7.99. The number of halogens is 1. The van der Waals surface area contributed by atoms with Crippen molar-refractivity contribution in [1.82, 2.24) is 5.32 Å². The minimum absolute atomic E-state index is 0.121. The van der Waals surface area contributed by atoms with Gasteiger partial charge in [-0.25, -0.2) is 0 Å². The van der Waals surface area contributed by atoms with Crippen molar-refractivity contribution in [2.45, 2.75) is 51.0 Å². The highest BCUT2D eigenvalue weighted by Crippen LogP contribution is 2.47. The summed E-state index contributed by atoms with van der Waals surface area (Å²) in [6.45, 7) is 0. The Morgan fingerprint density at radius 3 is 2.36 bits per heavy atom. The number of carbonyl (C=O) groups excluding carboxylic acids is 2. The first kappa shape index (κ1) is 15.3. The first-order chi connectivity index (χ1) is 10.6. The predicted octanol–water partition coefficient (Wildman–Crippen LogP) is 3.51. The lowest BCUT2D eigenvalue weighted by Crippen LogP contribution is -2.45. The van der Waals surface area contributed by atoms with Crippen LogP contribution in [0.25, 0.3) is 0 Å². The lowest BCUT2D eigenvalue weighted by molar-refractivity contribution is -0.135. The number of hydrogen-bond donors (Lipinski definition) is 2. The van der Waals surface area contributed by atoms with Gasteiger partial charge in [-0.05, 0) is 37.8 Å². The van der Waals surface area contributed by atoms with E-state index in [2.05, 4.69) is 10.6 Å². The van der Waals surface area contributed by atoms with Gasteiger partial charge in [-0.2, -0.15) is 0 Å². The number of hydrogen-bond acceptors (Lipinski definition) is 2. The van der Waals surface area contributed by atoms with E-state index in [-0.39, 0.29) is 17.9 Å². The van der Waals surface area contributed by atoms with Gasteiger partial charge in [0.1, 0.15) is 5.41 Å². The molecule has 0 spiro atoms. The molecule has 0 saturated heterocycles. The lowest BCUT2D eigenvalue weighted by Gasteiger charge is -2.25. The molecule has 2 amide bonds. The molecule has 0 radical (unpaired) electrons. The number of carbonyl (C=O) groups is 2. The maximum Gasteiger partial charge on any atom is 0.240 e. The molecule has 4 nitrogen and oxygen atoms in total. The van der Waals surface area contributed by atoms with Crippen molar-refractivity contribution in [3.63, 3.8) is 0 Å². The number of nitrogens with one attached hydrogen (secondary N) is 2. The predicted molar refractivity (Wildman–Crippen MR) is 86.8 cm³/mol. The van der Waals surface area contributed by atoms with Crippen LogP contribution in [-0.4, -0.2) is 17.9 Å². The van der Waals surface area contributed by atoms with Crippen LogP contribution < -0.4 is 10.6 Å². The minimum atomic E-state index is -0.892. The largest absolute Gasteiger partial charge is 0.352 e. The van der Waals surface area contributed by atoms with Crippen LogP contribution in [-0.2, 0) is 9.59 Å². The molecule has 3 rings (SSSR count). The molecule has 1 aromatic carbocycles. The Kier molecular flexibility index (Phi) is 4.39. The quantitative estimate of drug-likeness (QED) is 0.834. The summed E-state index contributed by atoms with van der Waals surface area (Å²) in [7, 11) is 0. The van der Waals surface area contributed by atoms with Crippen molar-refractivity contribution in [1.29, 1.82) is 0 Å². The summed E-state index contributed by atoms with van der Waals surface area (Å²) in [5.41, 5.74) is -0.331. The van der Waals surface area contributed by atoms with Crippen molar-refractivity contribution >= 4 is 29.1 Å². The van der Waals surface area contributed by atoms with Crippen LogP contribution in [0.15, 0.2) is 24.3 Å². The molecule has 0 heterocycles. The molecule has 0 bridgehead atoms. The van der Waals surface area contributed by atoms with Crippen LogP contribution >= 0.6 is 11.6 Å². The number of rotatable bonds is 4.